The number of hydrogen-bond donors (Lipinski definition) is 1. The van der Waals surface area contributed by atoms with Crippen molar-refractivity contribution < 1.29 is 14.6 Å². The summed E-state index contributed by atoms with van der Waals surface area (Å²) in [5, 5.41) is 9.79. The maximum Gasteiger partial charge on any atom is 0.340 e. The Morgan fingerprint density at radius 3 is 1.89 bits per heavy atom. The molecule has 0 aromatic heterocycles. The summed E-state index contributed by atoms with van der Waals surface area (Å²) in [5.41, 5.74) is 0.765. The van der Waals surface area contributed by atoms with Crippen LogP contribution >= 0.6 is 0 Å². The van der Waals surface area contributed by atoms with E-state index >= 15 is 0 Å². The Hall–Kier alpha value is -1.35. The fraction of sp³-hybridized carbons (Fsp3) is 0.720. The molecule has 28 heavy (non-hydrogen) atoms. The van der Waals surface area contributed by atoms with Crippen LogP contribution in [0.15, 0.2) is 24.3 Å². The van der Waals surface area contributed by atoms with E-state index < -0.39 is 11.6 Å². The quantitative estimate of drug-likeness (QED) is 0.301. The van der Waals surface area contributed by atoms with E-state index in [1.54, 1.807) is 0 Å². The lowest BCUT2D eigenvalue weighted by Gasteiger charge is -2.24. The first kappa shape index (κ1) is 22.9. The number of unbranched alkanes of at least 4 members (excludes halogenated alkanes) is 13. The number of ether oxygens (including phenoxy) is 1. The Balaban J connectivity index is 1.51. The molecular formula is C25H40O3. The number of carboxylic acid groups (broad SMARTS) is 1. The van der Waals surface area contributed by atoms with Crippen molar-refractivity contribution in [1.29, 1.82) is 0 Å². The maximum atomic E-state index is 11.9. The molecule has 1 atom stereocenters. The molecule has 0 aliphatic carbocycles. The van der Waals surface area contributed by atoms with Crippen LogP contribution in [0.3, 0.4) is 0 Å². The minimum atomic E-state index is -1.12. The fourth-order valence-electron chi connectivity index (χ4n) is 4.38. The molecule has 0 saturated heterocycles. The second kappa shape index (κ2) is 13.0. The Morgan fingerprint density at radius 1 is 0.857 bits per heavy atom. The summed E-state index contributed by atoms with van der Waals surface area (Å²) in [6, 6.07) is 7.76. The standard InChI is InChI=1S/C25H40O3/c1-2-3-4-5-6-7-8-9-10-11-12-13-14-17-20-25(24(26)27)23-19-16-15-18-22(23)21-28-25/h15-16,18-19H,2-14,17,20-21H2,1H3,(H,26,27). The van der Waals surface area contributed by atoms with Crippen molar-refractivity contribution in [2.45, 2.75) is 115 Å². The molecule has 1 N–H and O–H groups in total. The fourth-order valence-corrected chi connectivity index (χ4v) is 4.38. The zero-order chi connectivity index (χ0) is 20.1. The molecule has 0 spiro atoms. The van der Waals surface area contributed by atoms with Crippen molar-refractivity contribution in [3.8, 4) is 0 Å². The van der Waals surface area contributed by atoms with Crippen LogP contribution in [0.5, 0.6) is 0 Å². The topological polar surface area (TPSA) is 46.5 Å². The van der Waals surface area contributed by atoms with E-state index in [1.807, 2.05) is 24.3 Å². The molecule has 1 heterocycles. The lowest BCUT2D eigenvalue weighted by molar-refractivity contribution is -0.167. The van der Waals surface area contributed by atoms with E-state index in [9.17, 15) is 9.90 Å². The van der Waals surface area contributed by atoms with Gasteiger partial charge in [0.2, 0.25) is 0 Å². The number of fused-ring (bicyclic) bond motifs is 1. The molecule has 2 rings (SSSR count). The van der Waals surface area contributed by atoms with Crippen LogP contribution in [-0.2, 0) is 21.7 Å². The molecule has 0 saturated carbocycles. The molecule has 0 radical (unpaired) electrons. The predicted octanol–water partition coefficient (Wildman–Crippen LogP) is 7.37. The predicted molar refractivity (Wildman–Crippen MR) is 115 cm³/mol. The molecule has 1 aromatic rings. The molecule has 3 nitrogen and oxygen atoms in total. The number of carboxylic acids is 1. The van der Waals surface area contributed by atoms with Gasteiger partial charge in [-0.25, -0.2) is 4.79 Å². The summed E-state index contributed by atoms with van der Waals surface area (Å²) < 4.78 is 5.79. The van der Waals surface area contributed by atoms with Crippen molar-refractivity contribution in [3.63, 3.8) is 0 Å². The zero-order valence-corrected chi connectivity index (χ0v) is 17.9. The van der Waals surface area contributed by atoms with E-state index in [0.29, 0.717) is 13.0 Å². The summed E-state index contributed by atoms with van der Waals surface area (Å²) in [4.78, 5) is 11.9. The van der Waals surface area contributed by atoms with Crippen LogP contribution in [0.2, 0.25) is 0 Å². The van der Waals surface area contributed by atoms with Gasteiger partial charge in [0, 0.05) is 5.56 Å². The molecule has 0 amide bonds. The van der Waals surface area contributed by atoms with Gasteiger partial charge in [0.05, 0.1) is 6.61 Å². The third-order valence-corrected chi connectivity index (χ3v) is 6.15. The first-order chi connectivity index (χ1) is 13.7. The maximum absolute atomic E-state index is 11.9. The third kappa shape index (κ3) is 6.92. The summed E-state index contributed by atoms with van der Waals surface area (Å²) >= 11 is 0. The van der Waals surface area contributed by atoms with Gasteiger partial charge in [0.1, 0.15) is 0 Å². The van der Waals surface area contributed by atoms with Gasteiger partial charge in [-0.1, -0.05) is 115 Å². The van der Waals surface area contributed by atoms with Gasteiger partial charge in [0.25, 0.3) is 0 Å². The van der Waals surface area contributed by atoms with Gasteiger partial charge in [-0.2, -0.15) is 0 Å². The summed E-state index contributed by atoms with van der Waals surface area (Å²) in [6.07, 6.45) is 18.9. The number of benzene rings is 1. The SMILES string of the molecule is CCCCCCCCCCCCCCCCC1(C(=O)O)OCc2ccccc21. The van der Waals surface area contributed by atoms with Crippen molar-refractivity contribution in [2.24, 2.45) is 0 Å². The van der Waals surface area contributed by atoms with E-state index in [1.165, 1.54) is 77.0 Å². The minimum Gasteiger partial charge on any atom is -0.479 e. The zero-order valence-electron chi connectivity index (χ0n) is 17.9. The van der Waals surface area contributed by atoms with E-state index in [-0.39, 0.29) is 0 Å². The molecule has 1 aromatic carbocycles. The number of aliphatic carboxylic acids is 1. The van der Waals surface area contributed by atoms with Crippen molar-refractivity contribution >= 4 is 5.97 Å². The van der Waals surface area contributed by atoms with Gasteiger partial charge in [-0.05, 0) is 18.4 Å². The van der Waals surface area contributed by atoms with Crippen molar-refractivity contribution in [1.82, 2.24) is 0 Å². The third-order valence-electron chi connectivity index (χ3n) is 6.15. The van der Waals surface area contributed by atoms with Gasteiger partial charge in [-0.3, -0.25) is 0 Å². The normalized spacial score (nSPS) is 18.3. The average Bonchev–Trinajstić information content (AvgIpc) is 3.08. The monoisotopic (exact) mass is 388 g/mol. The first-order valence-corrected chi connectivity index (χ1v) is 11.7. The van der Waals surface area contributed by atoms with Gasteiger partial charge in [0.15, 0.2) is 5.60 Å². The van der Waals surface area contributed by atoms with Gasteiger partial charge >= 0.3 is 5.97 Å². The molecule has 1 aliphatic rings. The summed E-state index contributed by atoms with van der Waals surface area (Å²) in [5.74, 6) is -0.841. The highest BCUT2D eigenvalue weighted by atomic mass is 16.5. The highest BCUT2D eigenvalue weighted by molar-refractivity contribution is 5.80. The number of rotatable bonds is 16. The number of hydrogen-bond acceptors (Lipinski definition) is 2. The van der Waals surface area contributed by atoms with E-state index in [4.69, 9.17) is 4.74 Å². The molecule has 1 unspecified atom stereocenters. The van der Waals surface area contributed by atoms with Crippen LogP contribution in [0, 0.1) is 0 Å². The largest absolute Gasteiger partial charge is 0.479 e. The minimum absolute atomic E-state index is 0.418. The smallest absolute Gasteiger partial charge is 0.340 e. The molecular weight excluding hydrogens is 348 g/mol. The molecule has 3 heteroatoms. The van der Waals surface area contributed by atoms with E-state index in [2.05, 4.69) is 6.92 Å². The first-order valence-electron chi connectivity index (χ1n) is 11.7. The Kier molecular flexibility index (Phi) is 10.6. The lowest BCUT2D eigenvalue weighted by atomic mass is 9.87. The highest BCUT2D eigenvalue weighted by Gasteiger charge is 2.46. The molecule has 158 valence electrons. The summed E-state index contributed by atoms with van der Waals surface area (Å²) in [6.45, 7) is 2.69. The Labute approximate surface area is 171 Å². The van der Waals surface area contributed by atoms with Crippen molar-refractivity contribution in [3.05, 3.63) is 35.4 Å². The molecule has 0 fully saturated rings. The number of carbonyl (C=O) groups is 1. The second-order valence-electron chi connectivity index (χ2n) is 8.42. The van der Waals surface area contributed by atoms with Crippen LogP contribution in [-0.4, -0.2) is 11.1 Å². The molecule has 1 aliphatic heterocycles. The lowest BCUT2D eigenvalue weighted by Crippen LogP contribution is -2.35. The Morgan fingerprint density at radius 2 is 1.36 bits per heavy atom. The van der Waals surface area contributed by atoms with Crippen LogP contribution in [0.25, 0.3) is 0 Å². The highest BCUT2D eigenvalue weighted by Crippen LogP contribution is 2.40. The van der Waals surface area contributed by atoms with Gasteiger partial charge < -0.3 is 9.84 Å². The van der Waals surface area contributed by atoms with E-state index in [0.717, 1.165) is 24.0 Å². The summed E-state index contributed by atoms with van der Waals surface area (Å²) in [7, 11) is 0. The Bertz CT molecular complexity index is 569. The van der Waals surface area contributed by atoms with Crippen LogP contribution in [0.1, 0.15) is 114 Å². The second-order valence-corrected chi connectivity index (χ2v) is 8.42. The molecule has 0 bridgehead atoms. The average molecular weight is 389 g/mol. The van der Waals surface area contributed by atoms with Crippen LogP contribution in [0.4, 0.5) is 0 Å². The van der Waals surface area contributed by atoms with Crippen LogP contribution < -0.4 is 0 Å². The van der Waals surface area contributed by atoms with Crippen molar-refractivity contribution in [2.75, 3.05) is 0 Å². The van der Waals surface area contributed by atoms with Gasteiger partial charge in [-0.15, -0.1) is 0 Å².